The number of amides is 2. The fraction of sp³-hybridized carbons (Fsp3) is 0.263. The van der Waals surface area contributed by atoms with Crippen LogP contribution in [0, 0.1) is 5.92 Å². The number of urea groups is 1. The highest BCUT2D eigenvalue weighted by Gasteiger charge is 2.66. The van der Waals surface area contributed by atoms with Crippen molar-refractivity contribution in [3.8, 4) is 5.75 Å². The number of carbonyl (C=O) groups excluding carboxylic acids is 2. The zero-order valence-corrected chi connectivity index (χ0v) is 16.5. The highest BCUT2D eigenvalue weighted by molar-refractivity contribution is 9.10. The Labute approximate surface area is 172 Å². The average molecular weight is 473 g/mol. The van der Waals surface area contributed by atoms with Gasteiger partial charge in [-0.1, -0.05) is 40.2 Å². The number of ether oxygens (including phenoxy) is 1. The minimum absolute atomic E-state index is 0.0441. The van der Waals surface area contributed by atoms with Crippen LogP contribution in [0.2, 0.25) is 0 Å². The molecule has 1 heterocycles. The van der Waals surface area contributed by atoms with Gasteiger partial charge in [0.25, 0.3) is 0 Å². The molecule has 0 radical (unpaired) electrons. The predicted octanol–water partition coefficient (Wildman–Crippen LogP) is 3.56. The van der Waals surface area contributed by atoms with E-state index in [1.54, 1.807) is 0 Å². The van der Waals surface area contributed by atoms with Crippen LogP contribution >= 0.6 is 15.9 Å². The average Bonchev–Trinajstić information content (AvgIpc) is 2.67. The molecule has 6 nitrogen and oxygen atoms in total. The molecule has 1 saturated heterocycles. The van der Waals surface area contributed by atoms with Gasteiger partial charge in [-0.05, 0) is 29.8 Å². The van der Waals surface area contributed by atoms with Crippen LogP contribution in [0.15, 0.2) is 53.0 Å². The van der Waals surface area contributed by atoms with Crippen LogP contribution in [0.5, 0.6) is 5.75 Å². The number of benzene rings is 2. The van der Waals surface area contributed by atoms with E-state index in [-0.39, 0.29) is 11.1 Å². The van der Waals surface area contributed by atoms with Gasteiger partial charge in [0.2, 0.25) is 5.72 Å². The molecule has 0 saturated carbocycles. The van der Waals surface area contributed by atoms with Crippen molar-refractivity contribution in [2.75, 3.05) is 7.11 Å². The normalized spacial score (nSPS) is 24.4. The molecular weight excluding hydrogens is 457 g/mol. The van der Waals surface area contributed by atoms with E-state index in [4.69, 9.17) is 4.74 Å². The highest BCUT2D eigenvalue weighted by Crippen LogP contribution is 2.44. The number of nitrogens with one attached hydrogen (secondary N) is 2. The summed E-state index contributed by atoms with van der Waals surface area (Å²) >= 11 is 3.19. The molecular formula is C19H16BrF3N2O4. The summed E-state index contributed by atoms with van der Waals surface area (Å²) in [5.41, 5.74) is -3.60. The van der Waals surface area contributed by atoms with E-state index in [0.717, 1.165) is 0 Å². The van der Waals surface area contributed by atoms with Crippen molar-refractivity contribution in [1.29, 1.82) is 0 Å². The summed E-state index contributed by atoms with van der Waals surface area (Å²) < 4.78 is 47.1. The van der Waals surface area contributed by atoms with Crippen molar-refractivity contribution < 1.29 is 32.6 Å². The highest BCUT2D eigenvalue weighted by atomic mass is 79.9. The largest absolute Gasteiger partial charge is 0.497 e. The van der Waals surface area contributed by atoms with Gasteiger partial charge in [0.05, 0.1) is 13.2 Å². The molecule has 2 aromatic carbocycles. The van der Waals surface area contributed by atoms with Gasteiger partial charge in [0.15, 0.2) is 5.78 Å². The Bertz CT molecular complexity index is 919. The number of aliphatic hydroxyl groups is 1. The molecule has 1 aliphatic rings. The van der Waals surface area contributed by atoms with Crippen molar-refractivity contribution in [3.05, 3.63) is 64.1 Å². The Hall–Kier alpha value is -2.59. The first kappa shape index (κ1) is 21.1. The molecule has 154 valence electrons. The molecule has 0 unspecified atom stereocenters. The second kappa shape index (κ2) is 7.68. The quantitative estimate of drug-likeness (QED) is 0.593. The van der Waals surface area contributed by atoms with Crippen molar-refractivity contribution in [2.24, 2.45) is 5.92 Å². The maximum Gasteiger partial charge on any atom is 0.437 e. The lowest BCUT2D eigenvalue weighted by atomic mass is 9.77. The molecule has 0 bridgehead atoms. The van der Waals surface area contributed by atoms with Gasteiger partial charge < -0.3 is 20.5 Å². The summed E-state index contributed by atoms with van der Waals surface area (Å²) in [6.07, 6.45) is -5.30. The van der Waals surface area contributed by atoms with Gasteiger partial charge in [-0.25, -0.2) is 4.79 Å². The van der Waals surface area contributed by atoms with Gasteiger partial charge in [0.1, 0.15) is 11.7 Å². The predicted molar refractivity (Wildman–Crippen MR) is 100 cm³/mol. The van der Waals surface area contributed by atoms with Gasteiger partial charge in [0, 0.05) is 10.0 Å². The van der Waals surface area contributed by atoms with Gasteiger partial charge in [-0.2, -0.15) is 13.2 Å². The molecule has 3 atom stereocenters. The molecule has 0 spiro atoms. The lowest BCUT2D eigenvalue weighted by molar-refractivity contribution is -0.287. The first-order valence-electron chi connectivity index (χ1n) is 8.38. The van der Waals surface area contributed by atoms with E-state index < -0.39 is 35.7 Å². The van der Waals surface area contributed by atoms with Crippen LogP contribution in [-0.2, 0) is 0 Å². The van der Waals surface area contributed by atoms with Crippen LogP contribution in [0.3, 0.4) is 0 Å². The Balaban J connectivity index is 2.13. The third kappa shape index (κ3) is 3.95. The van der Waals surface area contributed by atoms with E-state index >= 15 is 0 Å². The fourth-order valence-electron chi connectivity index (χ4n) is 3.22. The molecule has 3 N–H and O–H groups in total. The number of halogens is 4. The molecule has 10 heteroatoms. The van der Waals surface area contributed by atoms with E-state index in [2.05, 4.69) is 21.2 Å². The fourth-order valence-corrected chi connectivity index (χ4v) is 3.49. The Kier molecular flexibility index (Phi) is 5.59. The first-order chi connectivity index (χ1) is 13.6. The minimum atomic E-state index is -5.30. The van der Waals surface area contributed by atoms with E-state index in [0.29, 0.717) is 10.2 Å². The minimum Gasteiger partial charge on any atom is -0.497 e. The molecule has 1 aliphatic heterocycles. The maximum atomic E-state index is 13.8. The molecule has 3 rings (SSSR count). The number of hydrogen-bond acceptors (Lipinski definition) is 4. The second-order valence-electron chi connectivity index (χ2n) is 6.46. The van der Waals surface area contributed by atoms with Crippen LogP contribution < -0.4 is 15.4 Å². The Morgan fingerprint density at radius 1 is 1.14 bits per heavy atom. The van der Waals surface area contributed by atoms with Crippen molar-refractivity contribution in [3.63, 3.8) is 0 Å². The van der Waals surface area contributed by atoms with E-state index in [9.17, 15) is 27.9 Å². The number of rotatable bonds is 4. The standard InChI is InChI=1S/C19H16BrF3N2O4/c1-29-13-8-4-10(5-9-13)15-14(16(26)11-2-6-12(20)7-3-11)18(28,19(21,22)23)25-17(27)24-15/h2-9,14-15,28H,1H3,(H2,24,25,27)/t14-,15-,18-/m0/s1. The number of Topliss-reactive ketones (excluding diaryl/α,β-unsaturated/α-hetero) is 1. The molecule has 29 heavy (non-hydrogen) atoms. The zero-order valence-electron chi connectivity index (χ0n) is 15.0. The van der Waals surface area contributed by atoms with Crippen molar-refractivity contribution in [2.45, 2.75) is 17.9 Å². The first-order valence-corrected chi connectivity index (χ1v) is 9.17. The van der Waals surface area contributed by atoms with Gasteiger partial charge in [-0.3, -0.25) is 4.79 Å². The molecule has 2 aromatic rings. The third-order valence-corrected chi connectivity index (χ3v) is 5.22. The molecule has 2 amide bonds. The van der Waals surface area contributed by atoms with Gasteiger partial charge >= 0.3 is 12.2 Å². The third-order valence-electron chi connectivity index (χ3n) is 4.69. The summed E-state index contributed by atoms with van der Waals surface area (Å²) in [4.78, 5) is 25.1. The lowest BCUT2D eigenvalue weighted by Gasteiger charge is -2.45. The SMILES string of the molecule is COc1ccc([C@@H]2NC(=O)N[C@@](O)(C(F)(F)F)[C@@H]2C(=O)c2ccc(Br)cc2)cc1. The van der Waals surface area contributed by atoms with Gasteiger partial charge in [-0.15, -0.1) is 0 Å². The Morgan fingerprint density at radius 2 is 1.72 bits per heavy atom. The summed E-state index contributed by atoms with van der Waals surface area (Å²) in [5.74, 6) is -2.61. The zero-order chi connectivity index (χ0) is 21.4. The monoisotopic (exact) mass is 472 g/mol. The number of carbonyl (C=O) groups is 2. The van der Waals surface area contributed by atoms with Crippen LogP contribution in [-0.4, -0.2) is 35.9 Å². The smallest absolute Gasteiger partial charge is 0.437 e. The van der Waals surface area contributed by atoms with E-state index in [1.165, 1.54) is 61.0 Å². The summed E-state index contributed by atoms with van der Waals surface area (Å²) in [5, 5.41) is 14.3. The second-order valence-corrected chi connectivity index (χ2v) is 7.38. The van der Waals surface area contributed by atoms with E-state index in [1.807, 2.05) is 0 Å². The van der Waals surface area contributed by atoms with Crippen LogP contribution in [0.1, 0.15) is 22.0 Å². The lowest BCUT2D eigenvalue weighted by Crippen LogP contribution is -2.72. The number of alkyl halides is 3. The molecule has 1 fully saturated rings. The Morgan fingerprint density at radius 3 is 2.24 bits per heavy atom. The maximum absolute atomic E-state index is 13.8. The number of hydrogen-bond donors (Lipinski definition) is 3. The van der Waals surface area contributed by atoms with Crippen LogP contribution in [0.25, 0.3) is 0 Å². The molecule has 0 aliphatic carbocycles. The summed E-state index contributed by atoms with van der Waals surface area (Å²) in [6.45, 7) is 0. The summed E-state index contributed by atoms with van der Waals surface area (Å²) in [7, 11) is 1.42. The topological polar surface area (TPSA) is 87.7 Å². The van der Waals surface area contributed by atoms with Crippen molar-refractivity contribution >= 4 is 27.7 Å². The van der Waals surface area contributed by atoms with Crippen LogP contribution in [0.4, 0.5) is 18.0 Å². The molecule has 0 aromatic heterocycles. The number of methoxy groups -OCH3 is 1. The summed E-state index contributed by atoms with van der Waals surface area (Å²) in [6, 6.07) is 8.81. The number of ketones is 1. The van der Waals surface area contributed by atoms with Crippen molar-refractivity contribution in [1.82, 2.24) is 10.6 Å².